The first-order valence-corrected chi connectivity index (χ1v) is 23.0. The summed E-state index contributed by atoms with van der Waals surface area (Å²) in [5.74, 6) is -1.89. The van der Waals surface area contributed by atoms with E-state index in [0.29, 0.717) is 143 Å². The number of nitrogens with one attached hydrogen (secondary N) is 5. The number of carbonyl (C=O) groups is 6. The number of pyridine rings is 2. The summed E-state index contributed by atoms with van der Waals surface area (Å²) in [7, 11) is 0. The van der Waals surface area contributed by atoms with Crippen molar-refractivity contribution in [2.24, 2.45) is 5.92 Å². The molecule has 1 unspecified atom stereocenters. The number of imide groups is 2. The largest absolute Gasteiger partial charge is 0.382 e. The van der Waals surface area contributed by atoms with E-state index in [1.807, 2.05) is 6.07 Å². The molecule has 4 aliphatic rings. The number of ether oxygens (including phenoxy) is 3. The van der Waals surface area contributed by atoms with E-state index in [1.165, 1.54) is 6.20 Å². The Morgan fingerprint density at radius 3 is 2.33 bits per heavy atom. The molecule has 1 saturated heterocycles. The van der Waals surface area contributed by atoms with E-state index in [9.17, 15) is 34.0 Å². The predicted molar refractivity (Wildman–Crippen MR) is 241 cm³/mol. The molecule has 5 heterocycles. The molecule has 5 N–H and O–H groups in total. The molecule has 4 aromatic rings. The molecule has 0 spiro atoms. The second kappa shape index (κ2) is 22.2. The van der Waals surface area contributed by atoms with Crippen LogP contribution in [0.15, 0.2) is 48.9 Å². The summed E-state index contributed by atoms with van der Waals surface area (Å²) in [6, 6.07) is 9.98. The maximum Gasteiger partial charge on any atom is 0.262 e. The first-order valence-electron chi connectivity index (χ1n) is 23.0. The van der Waals surface area contributed by atoms with Gasteiger partial charge in [0, 0.05) is 74.5 Å². The fourth-order valence-corrected chi connectivity index (χ4v) is 8.61. The van der Waals surface area contributed by atoms with E-state index in [-0.39, 0.29) is 42.2 Å². The molecule has 3 aromatic heterocycles. The molecule has 20 heteroatoms. The van der Waals surface area contributed by atoms with Gasteiger partial charge in [0.25, 0.3) is 17.7 Å². The Labute approximate surface area is 386 Å². The Balaban J connectivity index is 0.637. The lowest BCUT2D eigenvalue weighted by molar-refractivity contribution is -0.136. The topological polar surface area (TPSA) is 261 Å². The summed E-state index contributed by atoms with van der Waals surface area (Å²) in [5.41, 5.74) is 3.43. The van der Waals surface area contributed by atoms with E-state index in [1.54, 1.807) is 41.3 Å². The normalized spacial score (nSPS) is 19.3. The molecular weight excluding hydrogens is 863 g/mol. The van der Waals surface area contributed by atoms with Crippen molar-refractivity contribution in [1.29, 1.82) is 5.26 Å². The number of anilines is 1. The zero-order valence-electron chi connectivity index (χ0n) is 37.2. The van der Waals surface area contributed by atoms with Crippen molar-refractivity contribution in [3.63, 3.8) is 0 Å². The number of benzene rings is 1. The van der Waals surface area contributed by atoms with Crippen LogP contribution in [-0.4, -0.2) is 137 Å². The maximum atomic E-state index is 13.5. The smallest absolute Gasteiger partial charge is 0.262 e. The van der Waals surface area contributed by atoms with Crippen molar-refractivity contribution in [3.05, 3.63) is 76.7 Å². The number of fused-ring (bicyclic) bond motifs is 2. The van der Waals surface area contributed by atoms with Gasteiger partial charge in [-0.1, -0.05) is 12.1 Å². The highest BCUT2D eigenvalue weighted by molar-refractivity contribution is 6.24. The van der Waals surface area contributed by atoms with Crippen LogP contribution < -0.4 is 26.6 Å². The van der Waals surface area contributed by atoms with Crippen LogP contribution in [-0.2, 0) is 35.0 Å². The van der Waals surface area contributed by atoms with Crippen molar-refractivity contribution in [2.75, 3.05) is 64.6 Å². The third-order valence-corrected chi connectivity index (χ3v) is 12.3. The first kappa shape index (κ1) is 46.9. The third kappa shape index (κ3) is 11.7. The zero-order chi connectivity index (χ0) is 46.7. The van der Waals surface area contributed by atoms with E-state index >= 15 is 0 Å². The second-order valence-corrected chi connectivity index (χ2v) is 17.1. The average Bonchev–Trinajstić information content (AvgIpc) is 3.99. The molecule has 1 atom stereocenters. The number of aromatic nitrogens is 4. The molecule has 20 nitrogen and oxygen atoms in total. The summed E-state index contributed by atoms with van der Waals surface area (Å²) in [6.45, 7) is 4.34. The average molecular weight is 918 g/mol. The second-order valence-electron chi connectivity index (χ2n) is 17.1. The van der Waals surface area contributed by atoms with Crippen LogP contribution in [0.4, 0.5) is 5.69 Å². The van der Waals surface area contributed by atoms with Crippen molar-refractivity contribution in [3.8, 4) is 11.9 Å². The van der Waals surface area contributed by atoms with Gasteiger partial charge in [-0.25, -0.2) is 9.97 Å². The highest BCUT2D eigenvalue weighted by Gasteiger charge is 2.45. The van der Waals surface area contributed by atoms with E-state index in [2.05, 4.69) is 47.7 Å². The Hall–Kier alpha value is -6.66. The van der Waals surface area contributed by atoms with Gasteiger partial charge in [0.1, 0.15) is 12.1 Å². The Morgan fingerprint density at radius 2 is 1.57 bits per heavy atom. The highest BCUT2D eigenvalue weighted by Crippen LogP contribution is 2.32. The van der Waals surface area contributed by atoms with Gasteiger partial charge in [0.2, 0.25) is 17.7 Å². The molecule has 2 saturated carbocycles. The number of nitriles is 1. The Morgan fingerprint density at radius 1 is 0.821 bits per heavy atom. The van der Waals surface area contributed by atoms with Crippen LogP contribution in [0.25, 0.3) is 16.9 Å². The van der Waals surface area contributed by atoms with Crippen LogP contribution in [0.2, 0.25) is 0 Å². The van der Waals surface area contributed by atoms with Gasteiger partial charge in [-0.05, 0) is 75.5 Å². The van der Waals surface area contributed by atoms with Gasteiger partial charge in [-0.3, -0.25) is 39.0 Å². The van der Waals surface area contributed by atoms with Crippen molar-refractivity contribution in [1.82, 2.24) is 45.9 Å². The molecule has 8 rings (SSSR count). The number of amides is 6. The van der Waals surface area contributed by atoms with Crippen LogP contribution >= 0.6 is 0 Å². The van der Waals surface area contributed by atoms with E-state index < -0.39 is 29.7 Å². The standard InChI is InChI=1S/C47H55N11O9/c48-25-29-23-32-27-53-58(42(32)52-26-29)39-24-37(54-33-10-11-33)36(28-51-39)44(61)55-34-8-6-31(7-9-34)43(60)50-16-20-66-18-14-49-15-19-67-22-21-65-17-2-4-30-3-1-5-35-41(30)47(64)57(46(35)63)38-12-13-40(59)56-45(38)62/h1,3,5,23-24,26-28,31,33-34,38,49H,2,4,6-22H2,(H,50,60)(H,51,54)(H,55,61)(H,56,59,62). The number of carbonyl (C=O) groups excluding carboxylic acids is 6. The van der Waals surface area contributed by atoms with Crippen molar-refractivity contribution < 1.29 is 43.0 Å². The minimum absolute atomic E-state index is 0.00134. The molecular formula is C47H55N11O9. The molecule has 3 fully saturated rings. The molecule has 2 aliphatic carbocycles. The quantitative estimate of drug-likeness (QED) is 0.0529. The summed E-state index contributed by atoms with van der Waals surface area (Å²) < 4.78 is 18.6. The molecule has 352 valence electrons. The first-order chi connectivity index (χ1) is 32.7. The number of aryl methyl sites for hydroxylation is 1. The number of nitrogens with zero attached hydrogens (tertiary/aromatic N) is 6. The summed E-state index contributed by atoms with van der Waals surface area (Å²) in [5, 5.41) is 29.5. The summed E-state index contributed by atoms with van der Waals surface area (Å²) >= 11 is 0. The molecule has 1 aromatic carbocycles. The van der Waals surface area contributed by atoms with Gasteiger partial charge >= 0.3 is 0 Å². The third-order valence-electron chi connectivity index (χ3n) is 12.3. The highest BCUT2D eigenvalue weighted by atomic mass is 16.5. The summed E-state index contributed by atoms with van der Waals surface area (Å²) in [6.07, 6.45) is 10.8. The maximum absolute atomic E-state index is 13.5. The minimum atomic E-state index is -0.995. The van der Waals surface area contributed by atoms with Gasteiger partial charge in [0.15, 0.2) is 11.5 Å². The monoisotopic (exact) mass is 917 g/mol. The van der Waals surface area contributed by atoms with Gasteiger partial charge in [-0.15, -0.1) is 0 Å². The van der Waals surface area contributed by atoms with Gasteiger partial charge in [-0.2, -0.15) is 15.0 Å². The molecule has 2 aliphatic heterocycles. The van der Waals surface area contributed by atoms with Gasteiger partial charge in [0.05, 0.1) is 67.2 Å². The fourth-order valence-electron chi connectivity index (χ4n) is 8.61. The van der Waals surface area contributed by atoms with Crippen molar-refractivity contribution in [2.45, 2.75) is 82.3 Å². The lowest BCUT2D eigenvalue weighted by Gasteiger charge is -2.28. The number of hydrogen-bond acceptors (Lipinski definition) is 15. The number of hydrogen-bond donors (Lipinski definition) is 5. The molecule has 0 bridgehead atoms. The lowest BCUT2D eigenvalue weighted by Crippen LogP contribution is -2.54. The minimum Gasteiger partial charge on any atom is -0.382 e. The van der Waals surface area contributed by atoms with Crippen molar-refractivity contribution >= 4 is 52.2 Å². The van der Waals surface area contributed by atoms with Crippen LogP contribution in [0.1, 0.15) is 100.0 Å². The SMILES string of the molecule is N#Cc1cnc2c(cnn2-c2cc(NC3CC3)c(C(=O)NC3CCC(C(=O)NCCOCCNCCOCCOCCCc4cccc5c4C(=O)N(C4CCC(=O)NC4=O)C5=O)CC3)cn2)c1. The number of piperidine rings is 1. The molecule has 0 radical (unpaired) electrons. The summed E-state index contributed by atoms with van der Waals surface area (Å²) in [4.78, 5) is 86.6. The lowest BCUT2D eigenvalue weighted by atomic mass is 9.85. The van der Waals surface area contributed by atoms with Crippen LogP contribution in [0.5, 0.6) is 0 Å². The van der Waals surface area contributed by atoms with E-state index in [0.717, 1.165) is 23.3 Å². The fraction of sp³-hybridized carbons (Fsp3) is 0.489. The number of rotatable bonds is 23. The molecule has 6 amide bonds. The van der Waals surface area contributed by atoms with Crippen LogP contribution in [0.3, 0.4) is 0 Å². The Kier molecular flexibility index (Phi) is 15.5. The van der Waals surface area contributed by atoms with Crippen LogP contribution in [0, 0.1) is 17.2 Å². The predicted octanol–water partition coefficient (Wildman–Crippen LogP) is 2.34. The molecule has 67 heavy (non-hydrogen) atoms. The van der Waals surface area contributed by atoms with Gasteiger partial charge < -0.3 is 35.5 Å². The Bertz CT molecular complexity index is 2530. The zero-order valence-corrected chi connectivity index (χ0v) is 37.2. The van der Waals surface area contributed by atoms with E-state index in [4.69, 9.17) is 14.2 Å².